The number of fused-ring (bicyclic) bond motifs is 3. The molecular weight excluding hydrogens is 609 g/mol. The summed E-state index contributed by atoms with van der Waals surface area (Å²) in [5.41, 5.74) is 0.360. The van der Waals surface area contributed by atoms with E-state index in [1.807, 2.05) is 25.7 Å². The van der Waals surface area contributed by atoms with Gasteiger partial charge >= 0.3 is 12.1 Å². The van der Waals surface area contributed by atoms with Crippen molar-refractivity contribution in [2.24, 2.45) is 5.92 Å². The molecule has 2 aromatic heterocycles. The van der Waals surface area contributed by atoms with Gasteiger partial charge in [0.05, 0.1) is 23.6 Å². The number of hydrogen-bond acceptors (Lipinski definition) is 9. The minimum atomic E-state index is -0.698. The maximum atomic E-state index is 15.3. The molecule has 3 aliphatic heterocycles. The number of hydrogen-bond donors (Lipinski definition) is 0. The van der Waals surface area contributed by atoms with Gasteiger partial charge in [-0.3, -0.25) is 9.80 Å². The van der Waals surface area contributed by atoms with Gasteiger partial charge in [-0.15, -0.1) is 0 Å². The van der Waals surface area contributed by atoms with E-state index in [2.05, 4.69) is 68.8 Å². The molecule has 1 amide bonds. The Kier molecular flexibility index (Phi) is 9.29. The van der Waals surface area contributed by atoms with Crippen LogP contribution in [0, 0.1) is 11.7 Å². The molecule has 3 atom stereocenters. The molecule has 3 saturated heterocycles. The molecule has 248 valence electrons. The lowest BCUT2D eigenvalue weighted by Gasteiger charge is -2.47. The molecular formula is C34H45ClFN7O3. The van der Waals surface area contributed by atoms with Crippen LogP contribution in [-0.4, -0.2) is 105 Å². The summed E-state index contributed by atoms with van der Waals surface area (Å²) in [5.74, 6) is 0.0457. The molecule has 0 N–H and O–H groups in total. The highest BCUT2D eigenvalue weighted by Crippen LogP contribution is 2.42. The van der Waals surface area contributed by atoms with Crippen molar-refractivity contribution < 1.29 is 18.7 Å². The number of pyridine rings is 1. The first-order chi connectivity index (χ1) is 21.9. The quantitative estimate of drug-likeness (QED) is 0.287. The third-order valence-electron chi connectivity index (χ3n) is 9.20. The number of anilines is 1. The predicted molar refractivity (Wildman–Crippen MR) is 177 cm³/mol. The number of amides is 1. The first-order valence-electron chi connectivity index (χ1n) is 16.3. The second-order valence-corrected chi connectivity index (χ2v) is 14.7. The Morgan fingerprint density at radius 3 is 2.54 bits per heavy atom. The van der Waals surface area contributed by atoms with E-state index in [0.29, 0.717) is 30.9 Å². The average molecular weight is 654 g/mol. The van der Waals surface area contributed by atoms with Crippen LogP contribution in [0.1, 0.15) is 53.0 Å². The van der Waals surface area contributed by atoms with Crippen molar-refractivity contribution in [3.05, 3.63) is 53.1 Å². The van der Waals surface area contributed by atoms with Crippen molar-refractivity contribution in [3.8, 4) is 6.01 Å². The predicted octanol–water partition coefficient (Wildman–Crippen LogP) is 5.63. The van der Waals surface area contributed by atoms with E-state index in [1.165, 1.54) is 11.8 Å². The second-order valence-electron chi connectivity index (χ2n) is 14.4. The van der Waals surface area contributed by atoms with Crippen LogP contribution in [-0.2, 0) is 11.3 Å². The Hall–Kier alpha value is -3.28. The molecule has 6 rings (SSSR count). The molecule has 10 nitrogen and oxygen atoms in total. The summed E-state index contributed by atoms with van der Waals surface area (Å²) in [6.07, 6.45) is 2.88. The second kappa shape index (κ2) is 13.1. The highest BCUT2D eigenvalue weighted by molar-refractivity contribution is 6.30. The number of ether oxygens (including phenoxy) is 2. The standard InChI is InChI=1S/C34H45ClFN7O3/c1-23(18-40-13-15-41(16-14-40)19-24-9-7-6-8-10-24)21-45-31-38-28-26(17-37-29(35)27(28)36)30(39-31)42-20-25-11-12-34(5,22-42)43(25)32(44)46-33(2,3)4/h6-10,17,23,25H,11-16,18-22H2,1-5H3/t23-,25?,34?/m1/s1. The van der Waals surface area contributed by atoms with Gasteiger partial charge in [0.1, 0.15) is 16.9 Å². The Morgan fingerprint density at radius 1 is 1.13 bits per heavy atom. The van der Waals surface area contributed by atoms with Crippen molar-refractivity contribution in [2.75, 3.05) is 57.3 Å². The van der Waals surface area contributed by atoms with E-state index in [1.54, 1.807) is 0 Å². The third-order valence-corrected chi connectivity index (χ3v) is 9.46. The monoisotopic (exact) mass is 653 g/mol. The zero-order valence-corrected chi connectivity index (χ0v) is 28.3. The first-order valence-corrected chi connectivity index (χ1v) is 16.7. The summed E-state index contributed by atoms with van der Waals surface area (Å²) in [6.45, 7) is 17.2. The first kappa shape index (κ1) is 32.7. The molecule has 12 heteroatoms. The zero-order chi connectivity index (χ0) is 32.6. The molecule has 0 spiro atoms. The summed E-state index contributed by atoms with van der Waals surface area (Å²) in [6, 6.07) is 10.6. The van der Waals surface area contributed by atoms with Gasteiger partial charge in [-0.1, -0.05) is 48.9 Å². The van der Waals surface area contributed by atoms with Crippen LogP contribution >= 0.6 is 11.6 Å². The van der Waals surface area contributed by atoms with Crippen LogP contribution in [0.3, 0.4) is 0 Å². The van der Waals surface area contributed by atoms with Crippen LogP contribution in [0.15, 0.2) is 36.5 Å². The number of carbonyl (C=O) groups excluding carboxylic acids is 1. The number of rotatable bonds is 8. The van der Waals surface area contributed by atoms with E-state index in [-0.39, 0.29) is 34.7 Å². The van der Waals surface area contributed by atoms with Gasteiger partial charge in [0.2, 0.25) is 0 Å². The van der Waals surface area contributed by atoms with Gasteiger partial charge in [-0.05, 0) is 46.1 Å². The number of benzene rings is 1. The van der Waals surface area contributed by atoms with Crippen LogP contribution in [0.5, 0.6) is 6.01 Å². The topological polar surface area (TPSA) is 87.2 Å². The molecule has 0 saturated carbocycles. The smallest absolute Gasteiger partial charge is 0.411 e. The summed E-state index contributed by atoms with van der Waals surface area (Å²) >= 11 is 6.09. The summed E-state index contributed by atoms with van der Waals surface area (Å²) in [4.78, 5) is 35.5. The van der Waals surface area contributed by atoms with E-state index < -0.39 is 17.0 Å². The molecule has 0 radical (unpaired) electrons. The summed E-state index contributed by atoms with van der Waals surface area (Å²) in [5, 5.41) is 0.217. The van der Waals surface area contributed by atoms with Gasteiger partial charge in [0.15, 0.2) is 11.0 Å². The minimum absolute atomic E-state index is 0.0683. The molecule has 3 fully saturated rings. The molecule has 0 aliphatic carbocycles. The lowest BCUT2D eigenvalue weighted by atomic mass is 9.98. The maximum Gasteiger partial charge on any atom is 0.411 e. The Bertz CT molecular complexity index is 1550. The fraction of sp³-hybridized carbons (Fsp3) is 0.588. The van der Waals surface area contributed by atoms with Crippen LogP contribution in [0.4, 0.5) is 15.0 Å². The van der Waals surface area contributed by atoms with Gasteiger partial charge in [-0.25, -0.2) is 14.2 Å². The fourth-order valence-corrected chi connectivity index (χ4v) is 7.19. The summed E-state index contributed by atoms with van der Waals surface area (Å²) < 4.78 is 27.2. The Morgan fingerprint density at radius 2 is 1.85 bits per heavy atom. The largest absolute Gasteiger partial charge is 0.463 e. The highest BCUT2D eigenvalue weighted by Gasteiger charge is 2.52. The Labute approximate surface area is 275 Å². The normalized spacial score (nSPS) is 23.2. The molecule has 46 heavy (non-hydrogen) atoms. The molecule has 3 aliphatic rings. The molecule has 2 unspecified atom stereocenters. The SMILES string of the molecule is C[C@@H](COc1nc(N2CC3CCC(C)(C2)N3C(=O)OC(C)(C)C)c2cnc(Cl)c(F)c2n1)CN1CCN(Cc2ccccc2)CC1. The molecule has 2 bridgehead atoms. The average Bonchev–Trinajstić information content (AvgIpc) is 3.23. The Balaban J connectivity index is 1.13. The fourth-order valence-electron chi connectivity index (χ4n) is 7.05. The van der Waals surface area contributed by atoms with Crippen LogP contribution in [0.25, 0.3) is 10.9 Å². The number of nitrogens with zero attached hydrogens (tertiary/aromatic N) is 7. The minimum Gasteiger partial charge on any atom is -0.463 e. The van der Waals surface area contributed by atoms with Crippen molar-refractivity contribution in [2.45, 2.75) is 71.2 Å². The van der Waals surface area contributed by atoms with Crippen molar-refractivity contribution in [1.82, 2.24) is 29.7 Å². The zero-order valence-electron chi connectivity index (χ0n) is 27.5. The van der Waals surface area contributed by atoms with Gasteiger partial charge in [0.25, 0.3) is 0 Å². The summed E-state index contributed by atoms with van der Waals surface area (Å²) in [7, 11) is 0. The molecule has 1 aromatic carbocycles. The molecule has 5 heterocycles. The van der Waals surface area contributed by atoms with Gasteiger partial charge in [0, 0.05) is 64.5 Å². The maximum absolute atomic E-state index is 15.3. The van der Waals surface area contributed by atoms with Gasteiger partial charge in [-0.2, -0.15) is 9.97 Å². The highest BCUT2D eigenvalue weighted by atomic mass is 35.5. The van der Waals surface area contributed by atoms with E-state index >= 15 is 4.39 Å². The van der Waals surface area contributed by atoms with Crippen molar-refractivity contribution in [1.29, 1.82) is 0 Å². The third kappa shape index (κ3) is 7.16. The van der Waals surface area contributed by atoms with Crippen LogP contribution < -0.4 is 9.64 Å². The van der Waals surface area contributed by atoms with Crippen molar-refractivity contribution in [3.63, 3.8) is 0 Å². The number of piperazine rings is 2. The van der Waals surface area contributed by atoms with Gasteiger partial charge < -0.3 is 19.3 Å². The van der Waals surface area contributed by atoms with Crippen LogP contribution in [0.2, 0.25) is 5.15 Å². The number of carbonyl (C=O) groups is 1. The van der Waals surface area contributed by atoms with E-state index in [4.69, 9.17) is 26.1 Å². The van der Waals surface area contributed by atoms with Crippen molar-refractivity contribution >= 4 is 34.4 Å². The van der Waals surface area contributed by atoms with E-state index in [9.17, 15) is 4.79 Å². The lowest BCUT2D eigenvalue weighted by Crippen LogP contribution is -2.63. The number of halogens is 2. The lowest BCUT2D eigenvalue weighted by molar-refractivity contribution is -0.00280. The number of aromatic nitrogens is 3. The molecule has 3 aromatic rings. The van der Waals surface area contributed by atoms with E-state index in [0.717, 1.165) is 52.1 Å².